The standard InChI is InChI=1S/C11H13N3O5/c15-8-5-7(12-11(19)13-8)9(16)14-3-1-6(2-4-14)10(17)18/h5-6H,1-4H2,(H,17,18)(H2,12,13,15,19). The zero-order valence-electron chi connectivity index (χ0n) is 10.0. The van der Waals surface area contributed by atoms with E-state index in [1.807, 2.05) is 4.98 Å². The van der Waals surface area contributed by atoms with Crippen LogP contribution in [0.5, 0.6) is 0 Å². The van der Waals surface area contributed by atoms with Crippen molar-refractivity contribution < 1.29 is 14.7 Å². The van der Waals surface area contributed by atoms with Crippen LogP contribution < -0.4 is 11.2 Å². The number of nitrogens with one attached hydrogen (secondary N) is 2. The molecule has 2 rings (SSSR count). The van der Waals surface area contributed by atoms with Crippen molar-refractivity contribution in [1.29, 1.82) is 0 Å². The van der Waals surface area contributed by atoms with Crippen LogP contribution in [0.15, 0.2) is 15.7 Å². The summed E-state index contributed by atoms with van der Waals surface area (Å²) < 4.78 is 0. The number of aromatic amines is 2. The van der Waals surface area contributed by atoms with Crippen LogP contribution in [0.3, 0.4) is 0 Å². The molecule has 0 radical (unpaired) electrons. The number of nitrogens with zero attached hydrogens (tertiary/aromatic N) is 1. The van der Waals surface area contributed by atoms with Gasteiger partial charge in [0.25, 0.3) is 11.5 Å². The molecule has 1 aliphatic heterocycles. The molecule has 0 saturated carbocycles. The fourth-order valence-electron chi connectivity index (χ4n) is 2.08. The lowest BCUT2D eigenvalue weighted by molar-refractivity contribution is -0.143. The molecule has 3 N–H and O–H groups in total. The van der Waals surface area contributed by atoms with E-state index in [1.165, 1.54) is 4.90 Å². The Morgan fingerprint density at radius 2 is 1.84 bits per heavy atom. The third-order valence-electron chi connectivity index (χ3n) is 3.12. The molecule has 19 heavy (non-hydrogen) atoms. The van der Waals surface area contributed by atoms with Crippen molar-refractivity contribution in [2.75, 3.05) is 13.1 Å². The van der Waals surface area contributed by atoms with Gasteiger partial charge in [0, 0.05) is 19.2 Å². The van der Waals surface area contributed by atoms with E-state index in [9.17, 15) is 19.2 Å². The molecule has 102 valence electrons. The second-order valence-corrected chi connectivity index (χ2v) is 4.41. The molecule has 1 fully saturated rings. The molecule has 0 atom stereocenters. The maximum atomic E-state index is 12.0. The van der Waals surface area contributed by atoms with Crippen LogP contribution >= 0.6 is 0 Å². The largest absolute Gasteiger partial charge is 0.481 e. The van der Waals surface area contributed by atoms with Gasteiger partial charge in [-0.2, -0.15) is 0 Å². The molecule has 0 aliphatic carbocycles. The van der Waals surface area contributed by atoms with Crippen molar-refractivity contribution in [3.8, 4) is 0 Å². The van der Waals surface area contributed by atoms with Crippen molar-refractivity contribution in [2.24, 2.45) is 5.92 Å². The first-order valence-corrected chi connectivity index (χ1v) is 5.83. The van der Waals surface area contributed by atoms with Crippen molar-refractivity contribution >= 4 is 11.9 Å². The smallest absolute Gasteiger partial charge is 0.326 e. The number of hydrogen-bond donors (Lipinski definition) is 3. The lowest BCUT2D eigenvalue weighted by Gasteiger charge is -2.29. The van der Waals surface area contributed by atoms with E-state index in [4.69, 9.17) is 5.11 Å². The number of rotatable bonds is 2. The second kappa shape index (κ2) is 5.09. The minimum absolute atomic E-state index is 0.0810. The maximum absolute atomic E-state index is 12.0. The van der Waals surface area contributed by atoms with Crippen LogP contribution in [-0.2, 0) is 4.79 Å². The van der Waals surface area contributed by atoms with Gasteiger partial charge in [-0.1, -0.05) is 0 Å². The fourth-order valence-corrected chi connectivity index (χ4v) is 2.08. The Bertz CT molecular complexity index is 581. The van der Waals surface area contributed by atoms with Crippen LogP contribution in [0.4, 0.5) is 0 Å². The number of carboxylic acids is 1. The summed E-state index contributed by atoms with van der Waals surface area (Å²) in [5, 5.41) is 8.86. The Kier molecular flexibility index (Phi) is 3.50. The number of piperidine rings is 1. The Morgan fingerprint density at radius 3 is 2.37 bits per heavy atom. The molecule has 8 nitrogen and oxygen atoms in total. The number of aromatic nitrogens is 2. The van der Waals surface area contributed by atoms with Gasteiger partial charge >= 0.3 is 11.7 Å². The van der Waals surface area contributed by atoms with Gasteiger partial charge in [-0.05, 0) is 12.8 Å². The SMILES string of the molecule is O=C(O)C1CCN(C(=O)c2cc(=O)[nH]c(=O)[nH]2)CC1. The van der Waals surface area contributed by atoms with Gasteiger partial charge in [0.15, 0.2) is 0 Å². The number of hydrogen-bond acceptors (Lipinski definition) is 4. The van der Waals surface area contributed by atoms with E-state index in [0.29, 0.717) is 25.9 Å². The summed E-state index contributed by atoms with van der Waals surface area (Å²) >= 11 is 0. The Morgan fingerprint density at radius 1 is 1.21 bits per heavy atom. The molecule has 0 spiro atoms. The predicted octanol–water partition coefficient (Wildman–Crippen LogP) is -1.000. The quantitative estimate of drug-likeness (QED) is 0.634. The third kappa shape index (κ3) is 2.90. The van der Waals surface area contributed by atoms with Crippen LogP contribution in [0, 0.1) is 5.92 Å². The van der Waals surface area contributed by atoms with Gasteiger partial charge < -0.3 is 15.0 Å². The molecular formula is C11H13N3O5. The topological polar surface area (TPSA) is 123 Å². The summed E-state index contributed by atoms with van der Waals surface area (Å²) in [4.78, 5) is 50.7. The number of likely N-dealkylation sites (tertiary alicyclic amines) is 1. The highest BCUT2D eigenvalue weighted by atomic mass is 16.4. The van der Waals surface area contributed by atoms with E-state index in [-0.39, 0.29) is 5.69 Å². The molecule has 2 heterocycles. The summed E-state index contributed by atoms with van der Waals surface area (Å²) in [6.07, 6.45) is 0.739. The Hall–Kier alpha value is -2.38. The number of amides is 1. The first-order chi connectivity index (χ1) is 8.97. The summed E-state index contributed by atoms with van der Waals surface area (Å²) in [7, 11) is 0. The fraction of sp³-hybridized carbons (Fsp3) is 0.455. The van der Waals surface area contributed by atoms with E-state index in [0.717, 1.165) is 6.07 Å². The minimum Gasteiger partial charge on any atom is -0.481 e. The summed E-state index contributed by atoms with van der Waals surface area (Å²) in [6, 6.07) is 1.02. The van der Waals surface area contributed by atoms with Gasteiger partial charge in [0.2, 0.25) is 0 Å². The second-order valence-electron chi connectivity index (χ2n) is 4.41. The normalized spacial score (nSPS) is 16.3. The first kappa shape index (κ1) is 13.1. The van der Waals surface area contributed by atoms with Crippen molar-refractivity contribution in [1.82, 2.24) is 14.9 Å². The van der Waals surface area contributed by atoms with Crippen LogP contribution in [-0.4, -0.2) is 44.9 Å². The van der Waals surface area contributed by atoms with Gasteiger partial charge in [-0.15, -0.1) is 0 Å². The average Bonchev–Trinajstić information content (AvgIpc) is 2.37. The van der Waals surface area contributed by atoms with Gasteiger partial charge in [0.05, 0.1) is 5.92 Å². The van der Waals surface area contributed by atoms with Crippen molar-refractivity contribution in [3.63, 3.8) is 0 Å². The van der Waals surface area contributed by atoms with Gasteiger partial charge in [-0.25, -0.2) is 4.79 Å². The summed E-state index contributed by atoms with van der Waals surface area (Å²) in [5.74, 6) is -1.77. The lowest BCUT2D eigenvalue weighted by atomic mass is 9.97. The first-order valence-electron chi connectivity index (χ1n) is 5.83. The predicted molar refractivity (Wildman–Crippen MR) is 63.9 cm³/mol. The minimum atomic E-state index is -0.864. The van der Waals surface area contributed by atoms with Crippen molar-refractivity contribution in [2.45, 2.75) is 12.8 Å². The zero-order valence-corrected chi connectivity index (χ0v) is 10.0. The number of carbonyl (C=O) groups is 2. The molecular weight excluding hydrogens is 254 g/mol. The van der Waals surface area contributed by atoms with E-state index >= 15 is 0 Å². The Balaban J connectivity index is 2.11. The molecule has 0 aromatic carbocycles. The molecule has 1 amide bonds. The molecule has 1 saturated heterocycles. The van der Waals surface area contributed by atoms with Crippen LogP contribution in [0.25, 0.3) is 0 Å². The van der Waals surface area contributed by atoms with Gasteiger partial charge in [0.1, 0.15) is 5.69 Å². The molecule has 1 aliphatic rings. The monoisotopic (exact) mass is 267 g/mol. The number of carbonyl (C=O) groups excluding carboxylic acids is 1. The third-order valence-corrected chi connectivity index (χ3v) is 3.12. The van der Waals surface area contributed by atoms with Gasteiger partial charge in [-0.3, -0.25) is 19.4 Å². The zero-order chi connectivity index (χ0) is 14.0. The molecule has 1 aromatic heterocycles. The molecule has 8 heteroatoms. The lowest BCUT2D eigenvalue weighted by Crippen LogP contribution is -2.41. The highest BCUT2D eigenvalue weighted by Gasteiger charge is 2.27. The van der Waals surface area contributed by atoms with E-state index < -0.39 is 29.0 Å². The van der Waals surface area contributed by atoms with Crippen LogP contribution in [0.2, 0.25) is 0 Å². The van der Waals surface area contributed by atoms with Crippen LogP contribution in [0.1, 0.15) is 23.3 Å². The number of carboxylic acid groups (broad SMARTS) is 1. The summed E-state index contributed by atoms with van der Waals surface area (Å²) in [5.41, 5.74) is -1.47. The summed E-state index contributed by atoms with van der Waals surface area (Å²) in [6.45, 7) is 0.593. The van der Waals surface area contributed by atoms with E-state index in [1.54, 1.807) is 0 Å². The average molecular weight is 267 g/mol. The highest BCUT2D eigenvalue weighted by Crippen LogP contribution is 2.18. The van der Waals surface area contributed by atoms with E-state index in [2.05, 4.69) is 4.98 Å². The molecule has 0 bridgehead atoms. The van der Waals surface area contributed by atoms with Crippen molar-refractivity contribution in [3.05, 3.63) is 32.6 Å². The Labute approximate surface area is 107 Å². The number of H-pyrrole nitrogens is 2. The maximum Gasteiger partial charge on any atom is 0.326 e. The highest BCUT2D eigenvalue weighted by molar-refractivity contribution is 5.92. The molecule has 0 unspecified atom stereocenters. The molecule has 1 aromatic rings. The number of aliphatic carboxylic acids is 1.